The van der Waals surface area contributed by atoms with Crippen LogP contribution in [0.15, 0.2) is 0 Å². The maximum Gasteiger partial charge on any atom is 0.310 e. The summed E-state index contributed by atoms with van der Waals surface area (Å²) in [6.45, 7) is 4.20. The molecule has 0 bridgehead atoms. The molecule has 2 nitrogen and oxygen atoms in total. The Labute approximate surface area is 66.6 Å². The van der Waals surface area contributed by atoms with Crippen LogP contribution < -0.4 is 0 Å². The lowest BCUT2D eigenvalue weighted by atomic mass is 10.3. The lowest BCUT2D eigenvalue weighted by Gasteiger charge is -2.00. The Morgan fingerprint density at radius 3 is 2.60 bits per heavy atom. The molecule has 0 atom stereocenters. The summed E-state index contributed by atoms with van der Waals surface area (Å²) < 4.78 is 4.78. The summed E-state index contributed by atoms with van der Waals surface area (Å²) in [6.07, 6.45) is 1.14. The average molecular weight is 160 g/mol. The van der Waals surface area contributed by atoms with Crippen LogP contribution in [-0.2, 0) is 9.53 Å². The van der Waals surface area contributed by atoms with Crippen LogP contribution in [0.25, 0.3) is 0 Å². The molecule has 0 saturated heterocycles. The molecule has 0 aliphatic rings. The van der Waals surface area contributed by atoms with Gasteiger partial charge in [-0.1, -0.05) is 19.1 Å². The number of ether oxygens (including phenoxy) is 1. The Morgan fingerprint density at radius 1 is 1.60 bits per heavy atom. The number of rotatable bonds is 4. The van der Waals surface area contributed by atoms with Crippen molar-refractivity contribution in [3.8, 4) is 0 Å². The Morgan fingerprint density at radius 2 is 2.20 bits per heavy atom. The van der Waals surface area contributed by atoms with Gasteiger partial charge in [0.15, 0.2) is 0 Å². The molecular formula is C7H12O2S. The molecule has 0 aromatic carbocycles. The van der Waals surface area contributed by atoms with E-state index in [-0.39, 0.29) is 12.4 Å². The number of thiocarbonyl (C=S) groups is 1. The molecule has 0 fully saturated rings. The first kappa shape index (κ1) is 9.56. The standard InChI is InChI=1S/C7H12O2S/c1-3-4-9-7(8)5-6(2)10/h3-5H2,1-2H3. The lowest BCUT2D eigenvalue weighted by molar-refractivity contribution is -0.142. The third kappa shape index (κ3) is 5.69. The fraction of sp³-hybridized carbons (Fsp3) is 0.714. The summed E-state index contributed by atoms with van der Waals surface area (Å²) in [5, 5.41) is 0. The highest BCUT2D eigenvalue weighted by molar-refractivity contribution is 7.80. The molecule has 10 heavy (non-hydrogen) atoms. The minimum absolute atomic E-state index is 0.214. The molecule has 0 aliphatic carbocycles. The normalized spacial score (nSPS) is 9.00. The van der Waals surface area contributed by atoms with Gasteiger partial charge in [-0.25, -0.2) is 0 Å². The molecular weight excluding hydrogens is 148 g/mol. The van der Waals surface area contributed by atoms with E-state index in [1.165, 1.54) is 0 Å². The SMILES string of the molecule is CCCOC(=O)CC(C)=S. The van der Waals surface area contributed by atoms with Crippen LogP contribution in [0.3, 0.4) is 0 Å². The van der Waals surface area contributed by atoms with Crippen molar-refractivity contribution in [2.75, 3.05) is 6.61 Å². The van der Waals surface area contributed by atoms with Gasteiger partial charge in [-0.2, -0.15) is 0 Å². The van der Waals surface area contributed by atoms with E-state index in [0.717, 1.165) is 6.42 Å². The van der Waals surface area contributed by atoms with Gasteiger partial charge in [-0.3, -0.25) is 4.79 Å². The zero-order valence-corrected chi connectivity index (χ0v) is 7.16. The van der Waals surface area contributed by atoms with Gasteiger partial charge >= 0.3 is 5.97 Å². The van der Waals surface area contributed by atoms with E-state index >= 15 is 0 Å². The number of esters is 1. The van der Waals surface area contributed by atoms with E-state index < -0.39 is 0 Å². The second-order valence-corrected chi connectivity index (χ2v) is 2.80. The summed E-state index contributed by atoms with van der Waals surface area (Å²) >= 11 is 4.72. The predicted octanol–water partition coefficient (Wildman–Crippen LogP) is 1.72. The van der Waals surface area contributed by atoms with Gasteiger partial charge in [-0.05, 0) is 13.3 Å². The van der Waals surface area contributed by atoms with E-state index in [2.05, 4.69) is 0 Å². The van der Waals surface area contributed by atoms with E-state index in [4.69, 9.17) is 17.0 Å². The van der Waals surface area contributed by atoms with Gasteiger partial charge in [0, 0.05) is 4.86 Å². The molecule has 58 valence electrons. The monoisotopic (exact) mass is 160 g/mol. The molecule has 0 spiro atoms. The van der Waals surface area contributed by atoms with Gasteiger partial charge in [0.25, 0.3) is 0 Å². The topological polar surface area (TPSA) is 26.3 Å². The van der Waals surface area contributed by atoms with E-state index in [1.54, 1.807) is 6.92 Å². The van der Waals surface area contributed by atoms with Crippen LogP contribution in [0.5, 0.6) is 0 Å². The van der Waals surface area contributed by atoms with Crippen LogP contribution >= 0.6 is 12.2 Å². The summed E-state index contributed by atoms with van der Waals surface area (Å²) in [4.78, 5) is 11.4. The highest BCUT2D eigenvalue weighted by Crippen LogP contribution is 1.90. The molecule has 0 unspecified atom stereocenters. The largest absolute Gasteiger partial charge is 0.465 e. The first-order valence-corrected chi connectivity index (χ1v) is 3.72. The van der Waals surface area contributed by atoms with E-state index in [9.17, 15) is 4.79 Å². The average Bonchev–Trinajstić information content (AvgIpc) is 1.82. The Kier molecular flexibility index (Phi) is 5.12. The third-order valence-electron chi connectivity index (χ3n) is 0.860. The number of hydrogen-bond acceptors (Lipinski definition) is 3. The first-order valence-electron chi connectivity index (χ1n) is 3.32. The summed E-state index contributed by atoms with van der Waals surface area (Å²) in [7, 11) is 0. The van der Waals surface area contributed by atoms with Crippen molar-refractivity contribution >= 4 is 23.1 Å². The van der Waals surface area contributed by atoms with Gasteiger partial charge < -0.3 is 4.74 Å². The molecule has 0 N–H and O–H groups in total. The molecule has 3 heteroatoms. The molecule has 0 amide bonds. The van der Waals surface area contributed by atoms with Crippen molar-refractivity contribution in [2.24, 2.45) is 0 Å². The van der Waals surface area contributed by atoms with Crippen molar-refractivity contribution in [1.82, 2.24) is 0 Å². The molecule has 0 radical (unpaired) electrons. The first-order chi connectivity index (χ1) is 4.66. The molecule has 0 heterocycles. The zero-order chi connectivity index (χ0) is 7.98. The summed E-state index contributed by atoms with van der Waals surface area (Å²) in [5.74, 6) is -0.214. The van der Waals surface area contributed by atoms with Crippen molar-refractivity contribution < 1.29 is 9.53 Å². The van der Waals surface area contributed by atoms with Crippen molar-refractivity contribution in [3.63, 3.8) is 0 Å². The van der Waals surface area contributed by atoms with Crippen molar-refractivity contribution in [1.29, 1.82) is 0 Å². The molecule has 0 aliphatic heterocycles. The van der Waals surface area contributed by atoms with Gasteiger partial charge in [0.05, 0.1) is 13.0 Å². The van der Waals surface area contributed by atoms with Crippen molar-refractivity contribution in [2.45, 2.75) is 26.7 Å². The molecule has 0 aromatic rings. The van der Waals surface area contributed by atoms with Gasteiger partial charge in [0.1, 0.15) is 0 Å². The smallest absolute Gasteiger partial charge is 0.310 e. The predicted molar refractivity (Wildman–Crippen MR) is 44.1 cm³/mol. The summed E-state index contributed by atoms with van der Waals surface area (Å²) in [6, 6.07) is 0. The van der Waals surface area contributed by atoms with Crippen molar-refractivity contribution in [3.05, 3.63) is 0 Å². The Hall–Kier alpha value is -0.440. The van der Waals surface area contributed by atoms with Crippen LogP contribution in [0.2, 0.25) is 0 Å². The second kappa shape index (κ2) is 5.35. The summed E-state index contributed by atoms with van der Waals surface area (Å²) in [5.41, 5.74) is 0. The molecule has 0 aromatic heterocycles. The third-order valence-corrected chi connectivity index (χ3v) is 1.00. The Bertz CT molecular complexity index is 132. The number of carbonyl (C=O) groups excluding carboxylic acids is 1. The van der Waals surface area contributed by atoms with Crippen LogP contribution in [-0.4, -0.2) is 17.4 Å². The van der Waals surface area contributed by atoms with Crippen LogP contribution in [0, 0.1) is 0 Å². The van der Waals surface area contributed by atoms with Crippen LogP contribution in [0.4, 0.5) is 0 Å². The van der Waals surface area contributed by atoms with E-state index in [0.29, 0.717) is 11.5 Å². The van der Waals surface area contributed by atoms with Gasteiger partial charge in [0.2, 0.25) is 0 Å². The maximum absolute atomic E-state index is 10.7. The van der Waals surface area contributed by atoms with Gasteiger partial charge in [-0.15, -0.1) is 0 Å². The fourth-order valence-electron chi connectivity index (χ4n) is 0.470. The number of carbonyl (C=O) groups is 1. The molecule has 0 rings (SSSR count). The van der Waals surface area contributed by atoms with Crippen LogP contribution in [0.1, 0.15) is 26.7 Å². The van der Waals surface area contributed by atoms with E-state index in [1.807, 2.05) is 6.92 Å². The maximum atomic E-state index is 10.7. The lowest BCUT2D eigenvalue weighted by Crippen LogP contribution is -2.08. The molecule has 0 saturated carbocycles. The number of hydrogen-bond donors (Lipinski definition) is 0. The minimum Gasteiger partial charge on any atom is -0.465 e. The highest BCUT2D eigenvalue weighted by atomic mass is 32.1. The quantitative estimate of drug-likeness (QED) is 0.462. The Balaban J connectivity index is 3.35. The fourth-order valence-corrected chi connectivity index (χ4v) is 0.588. The highest BCUT2D eigenvalue weighted by Gasteiger charge is 2.01. The zero-order valence-electron chi connectivity index (χ0n) is 6.35. The minimum atomic E-state index is -0.214. The second-order valence-electron chi connectivity index (χ2n) is 2.10.